The van der Waals surface area contributed by atoms with Crippen LogP contribution in [-0.2, 0) is 15.0 Å². The smallest absolute Gasteiger partial charge is 0.194 e. The minimum Gasteiger partial charge on any atom is -0.289 e. The summed E-state index contributed by atoms with van der Waals surface area (Å²) in [5.74, 6) is -0.00415. The molecule has 120 valence electrons. The van der Waals surface area contributed by atoms with Crippen LogP contribution in [0.15, 0.2) is 88.1 Å². The van der Waals surface area contributed by atoms with Gasteiger partial charge in [-0.05, 0) is 52.2 Å². The van der Waals surface area contributed by atoms with Crippen LogP contribution in [-0.4, -0.2) is 11.6 Å². The molecule has 5 rings (SSSR count). The lowest BCUT2D eigenvalue weighted by atomic mass is 9.65. The Labute approximate surface area is 146 Å². The number of fused-ring (bicyclic) bond motifs is 4. The summed E-state index contributed by atoms with van der Waals surface area (Å²) in [5.41, 5.74) is 6.70. The number of rotatable bonds is 0. The van der Waals surface area contributed by atoms with Gasteiger partial charge in [-0.3, -0.25) is 9.59 Å². The molecule has 0 atom stereocenters. The number of carbonyl (C=O) groups is 2. The molecule has 0 saturated heterocycles. The number of benzene rings is 1. The molecule has 0 spiro atoms. The van der Waals surface area contributed by atoms with E-state index in [4.69, 9.17) is 0 Å². The van der Waals surface area contributed by atoms with Crippen molar-refractivity contribution in [3.8, 4) is 0 Å². The van der Waals surface area contributed by atoms with Crippen LogP contribution >= 0.6 is 0 Å². The molecule has 2 heteroatoms. The van der Waals surface area contributed by atoms with Crippen molar-refractivity contribution in [2.75, 3.05) is 0 Å². The van der Waals surface area contributed by atoms with Crippen molar-refractivity contribution < 1.29 is 9.59 Å². The predicted molar refractivity (Wildman–Crippen MR) is 97.9 cm³/mol. The average molecular weight is 324 g/mol. The number of hydrogen-bond donors (Lipinski definition) is 0. The van der Waals surface area contributed by atoms with Crippen molar-refractivity contribution in [3.63, 3.8) is 0 Å². The Morgan fingerprint density at radius 3 is 2.56 bits per heavy atom. The van der Waals surface area contributed by atoms with Crippen LogP contribution < -0.4 is 0 Å². The summed E-state index contributed by atoms with van der Waals surface area (Å²) in [7, 11) is 0. The minimum atomic E-state index is -0.282. The highest BCUT2D eigenvalue weighted by atomic mass is 16.1. The lowest BCUT2D eigenvalue weighted by Gasteiger charge is -2.37. The highest BCUT2D eigenvalue weighted by Gasteiger charge is 2.42. The monoisotopic (exact) mass is 324 g/mol. The van der Waals surface area contributed by atoms with Gasteiger partial charge in [0.15, 0.2) is 11.6 Å². The van der Waals surface area contributed by atoms with E-state index in [1.807, 2.05) is 30.4 Å². The predicted octanol–water partition coefficient (Wildman–Crippen LogP) is 4.17. The SMILES string of the molecule is CC1(C)C2=CC3=C4C(=O)C=CC=C4C=C3C(=O)C2=Cc2ccccc21. The number of hydrogen-bond acceptors (Lipinski definition) is 2. The van der Waals surface area contributed by atoms with Gasteiger partial charge in [-0.2, -0.15) is 0 Å². The summed E-state index contributed by atoms with van der Waals surface area (Å²) >= 11 is 0. The fourth-order valence-corrected chi connectivity index (χ4v) is 4.30. The molecule has 4 aliphatic rings. The average Bonchev–Trinajstić information content (AvgIpc) is 2.97. The van der Waals surface area contributed by atoms with E-state index in [0.29, 0.717) is 11.1 Å². The lowest BCUT2D eigenvalue weighted by Crippen LogP contribution is -2.31. The van der Waals surface area contributed by atoms with Gasteiger partial charge in [-0.25, -0.2) is 0 Å². The van der Waals surface area contributed by atoms with Gasteiger partial charge in [0.25, 0.3) is 0 Å². The Balaban J connectivity index is 1.83. The summed E-state index contributed by atoms with van der Waals surface area (Å²) in [4.78, 5) is 25.6. The van der Waals surface area contributed by atoms with E-state index < -0.39 is 0 Å². The molecule has 0 aromatic heterocycles. The summed E-state index contributed by atoms with van der Waals surface area (Å²) in [5, 5.41) is 0. The molecule has 1 aromatic carbocycles. The van der Waals surface area contributed by atoms with E-state index in [1.165, 1.54) is 5.56 Å². The van der Waals surface area contributed by atoms with E-state index in [0.717, 1.165) is 27.9 Å². The van der Waals surface area contributed by atoms with E-state index in [2.05, 4.69) is 32.1 Å². The molecule has 0 fully saturated rings. The molecule has 25 heavy (non-hydrogen) atoms. The van der Waals surface area contributed by atoms with Gasteiger partial charge in [-0.15, -0.1) is 0 Å². The van der Waals surface area contributed by atoms with Crippen molar-refractivity contribution in [2.24, 2.45) is 0 Å². The van der Waals surface area contributed by atoms with E-state index >= 15 is 0 Å². The zero-order valence-electron chi connectivity index (χ0n) is 14.1. The van der Waals surface area contributed by atoms with Crippen LogP contribution in [0, 0.1) is 0 Å². The zero-order valence-corrected chi connectivity index (χ0v) is 14.1. The van der Waals surface area contributed by atoms with E-state index in [-0.39, 0.29) is 17.0 Å². The first-order valence-corrected chi connectivity index (χ1v) is 8.46. The van der Waals surface area contributed by atoms with Crippen LogP contribution in [0.5, 0.6) is 0 Å². The molecule has 0 aliphatic heterocycles. The van der Waals surface area contributed by atoms with Gasteiger partial charge in [0.05, 0.1) is 0 Å². The molecule has 2 nitrogen and oxygen atoms in total. The summed E-state index contributed by atoms with van der Waals surface area (Å²) in [6.45, 7) is 4.29. The summed E-state index contributed by atoms with van der Waals surface area (Å²) < 4.78 is 0. The van der Waals surface area contributed by atoms with Gasteiger partial charge in [0, 0.05) is 22.1 Å². The molecule has 1 aromatic rings. The van der Waals surface area contributed by atoms with Crippen molar-refractivity contribution in [1.82, 2.24) is 0 Å². The molecule has 0 bridgehead atoms. The number of ketones is 2. The molecular formula is C23H16O2. The molecular weight excluding hydrogens is 308 g/mol. The van der Waals surface area contributed by atoms with Crippen molar-refractivity contribution in [2.45, 2.75) is 19.3 Å². The second-order valence-corrected chi connectivity index (χ2v) is 7.35. The lowest BCUT2D eigenvalue weighted by molar-refractivity contribution is -0.112. The molecule has 4 aliphatic carbocycles. The third kappa shape index (κ3) is 1.74. The molecule has 0 radical (unpaired) electrons. The van der Waals surface area contributed by atoms with Crippen molar-refractivity contribution in [1.29, 1.82) is 0 Å². The molecule has 0 amide bonds. The first-order valence-electron chi connectivity index (χ1n) is 8.46. The molecule has 0 N–H and O–H groups in total. The first-order chi connectivity index (χ1) is 12.0. The Hall–Kier alpha value is -3.00. The van der Waals surface area contributed by atoms with Crippen molar-refractivity contribution >= 4 is 17.6 Å². The van der Waals surface area contributed by atoms with E-state index in [9.17, 15) is 9.59 Å². The standard InChI is InChI=1S/C23H16O2/c1-23(2)18-8-4-3-6-13(18)10-17-19(23)12-15-16(22(17)25)11-14-7-5-9-20(24)21(14)15/h3-12H,1-2H3. The van der Waals surface area contributed by atoms with Crippen LogP contribution in [0.2, 0.25) is 0 Å². The Morgan fingerprint density at radius 1 is 0.920 bits per heavy atom. The third-order valence-corrected chi connectivity index (χ3v) is 5.59. The molecule has 0 unspecified atom stereocenters. The number of allylic oxidation sites excluding steroid dienone is 11. The molecule has 0 heterocycles. The van der Waals surface area contributed by atoms with Crippen LogP contribution in [0.1, 0.15) is 25.0 Å². The van der Waals surface area contributed by atoms with Gasteiger partial charge < -0.3 is 0 Å². The highest BCUT2D eigenvalue weighted by molar-refractivity contribution is 6.24. The maximum absolute atomic E-state index is 13.2. The van der Waals surface area contributed by atoms with Gasteiger partial charge in [0.1, 0.15) is 0 Å². The number of Topliss-reactive ketones (excluding diaryl/α,β-unsaturated/α-hetero) is 1. The summed E-state index contributed by atoms with van der Waals surface area (Å²) in [6, 6.07) is 8.20. The quantitative estimate of drug-likeness (QED) is 0.718. The van der Waals surface area contributed by atoms with Gasteiger partial charge >= 0.3 is 0 Å². The zero-order chi connectivity index (χ0) is 17.3. The second kappa shape index (κ2) is 4.54. The maximum atomic E-state index is 13.2. The first kappa shape index (κ1) is 14.4. The second-order valence-electron chi connectivity index (χ2n) is 7.35. The topological polar surface area (TPSA) is 34.1 Å². The fourth-order valence-electron chi connectivity index (χ4n) is 4.30. The van der Waals surface area contributed by atoms with Crippen molar-refractivity contribution in [3.05, 3.63) is 99.2 Å². The minimum absolute atomic E-state index is 0.0191. The van der Waals surface area contributed by atoms with Gasteiger partial charge in [0.2, 0.25) is 0 Å². The third-order valence-electron chi connectivity index (χ3n) is 5.59. The normalized spacial score (nSPS) is 22.3. The number of carbonyl (C=O) groups excluding carboxylic acids is 2. The Bertz CT molecular complexity index is 1080. The maximum Gasteiger partial charge on any atom is 0.194 e. The fraction of sp³-hybridized carbons (Fsp3) is 0.130. The summed E-state index contributed by atoms with van der Waals surface area (Å²) in [6.07, 6.45) is 11.1. The molecule has 0 saturated carbocycles. The Morgan fingerprint density at radius 2 is 1.72 bits per heavy atom. The highest BCUT2D eigenvalue weighted by Crippen LogP contribution is 2.49. The van der Waals surface area contributed by atoms with Crippen LogP contribution in [0.25, 0.3) is 6.08 Å². The van der Waals surface area contributed by atoms with Crippen LogP contribution in [0.3, 0.4) is 0 Å². The Kier molecular flexibility index (Phi) is 2.61. The van der Waals surface area contributed by atoms with E-state index in [1.54, 1.807) is 12.2 Å². The van der Waals surface area contributed by atoms with Crippen LogP contribution in [0.4, 0.5) is 0 Å². The largest absolute Gasteiger partial charge is 0.289 e. The van der Waals surface area contributed by atoms with Gasteiger partial charge in [-0.1, -0.05) is 50.3 Å².